The minimum Gasteiger partial charge on any atom is -0.324 e. The van der Waals surface area contributed by atoms with Gasteiger partial charge in [-0.1, -0.05) is 24.3 Å². The van der Waals surface area contributed by atoms with Crippen LogP contribution in [0.1, 0.15) is 23.6 Å². The van der Waals surface area contributed by atoms with Crippen molar-refractivity contribution in [2.24, 2.45) is 0 Å². The number of likely N-dealkylation sites (N-methyl/N-ethyl adjacent to an activating group) is 1. The molecule has 0 unspecified atom stereocenters. The molecule has 0 aliphatic rings. The molecule has 0 bridgehead atoms. The molecule has 0 fully saturated rings. The highest BCUT2D eigenvalue weighted by atomic mass is 32.2. The van der Waals surface area contributed by atoms with Crippen LogP contribution in [0.4, 0.5) is 5.69 Å². The third-order valence-electron chi connectivity index (χ3n) is 4.28. The molecular formula is C20H26N2OS. The van der Waals surface area contributed by atoms with Gasteiger partial charge in [0, 0.05) is 17.1 Å². The van der Waals surface area contributed by atoms with Crippen molar-refractivity contribution < 1.29 is 4.79 Å². The fourth-order valence-electron chi connectivity index (χ4n) is 2.46. The smallest absolute Gasteiger partial charge is 0.241 e. The number of amides is 1. The number of carbonyl (C=O) groups is 1. The van der Waals surface area contributed by atoms with Gasteiger partial charge < -0.3 is 5.32 Å². The molecule has 0 saturated heterocycles. The van der Waals surface area contributed by atoms with Gasteiger partial charge in [-0.05, 0) is 69.0 Å². The SMILES string of the molecule is CSc1ccc(CN(C)[C@@H](C)C(=O)Nc2cc(C)ccc2C)cc1. The molecule has 3 nitrogen and oxygen atoms in total. The molecule has 2 aromatic rings. The standard InChI is InChI=1S/C20H26N2OS/c1-14-6-7-15(2)19(12-14)21-20(23)16(3)22(4)13-17-8-10-18(24-5)11-9-17/h6-12,16H,13H2,1-5H3,(H,21,23)/t16-/m0/s1. The van der Waals surface area contributed by atoms with Crippen LogP contribution in [0.5, 0.6) is 0 Å². The van der Waals surface area contributed by atoms with E-state index in [0.717, 1.165) is 23.4 Å². The Balaban J connectivity index is 1.99. The summed E-state index contributed by atoms with van der Waals surface area (Å²) in [5.41, 5.74) is 4.33. The Hall–Kier alpha value is -1.78. The molecule has 1 atom stereocenters. The molecule has 0 aromatic heterocycles. The maximum atomic E-state index is 12.6. The van der Waals surface area contributed by atoms with Crippen LogP contribution < -0.4 is 5.32 Å². The molecule has 128 valence electrons. The number of nitrogens with zero attached hydrogens (tertiary/aromatic N) is 1. The number of aryl methyl sites for hydroxylation is 2. The first-order chi connectivity index (χ1) is 11.4. The monoisotopic (exact) mass is 342 g/mol. The van der Waals surface area contributed by atoms with Crippen LogP contribution in [0.3, 0.4) is 0 Å². The van der Waals surface area contributed by atoms with E-state index >= 15 is 0 Å². The molecule has 0 saturated carbocycles. The average Bonchev–Trinajstić information content (AvgIpc) is 2.58. The van der Waals surface area contributed by atoms with E-state index in [1.165, 1.54) is 10.5 Å². The highest BCUT2D eigenvalue weighted by molar-refractivity contribution is 7.98. The van der Waals surface area contributed by atoms with Gasteiger partial charge in [0.05, 0.1) is 6.04 Å². The van der Waals surface area contributed by atoms with E-state index in [-0.39, 0.29) is 11.9 Å². The van der Waals surface area contributed by atoms with Crippen LogP contribution in [0, 0.1) is 13.8 Å². The van der Waals surface area contributed by atoms with Gasteiger partial charge in [-0.25, -0.2) is 0 Å². The number of thioether (sulfide) groups is 1. The van der Waals surface area contributed by atoms with Gasteiger partial charge >= 0.3 is 0 Å². The van der Waals surface area contributed by atoms with Crippen LogP contribution in [0.15, 0.2) is 47.4 Å². The quantitative estimate of drug-likeness (QED) is 0.785. The lowest BCUT2D eigenvalue weighted by atomic mass is 10.1. The number of nitrogens with one attached hydrogen (secondary N) is 1. The predicted octanol–water partition coefficient (Wildman–Crippen LogP) is 4.48. The van der Waals surface area contributed by atoms with Crippen LogP contribution in [0.25, 0.3) is 0 Å². The van der Waals surface area contributed by atoms with Crippen molar-refractivity contribution in [1.29, 1.82) is 0 Å². The molecule has 24 heavy (non-hydrogen) atoms. The fraction of sp³-hybridized carbons (Fsp3) is 0.350. The van der Waals surface area contributed by atoms with Crippen molar-refractivity contribution in [3.8, 4) is 0 Å². The second kappa shape index (κ2) is 8.36. The van der Waals surface area contributed by atoms with E-state index in [0.29, 0.717) is 0 Å². The van der Waals surface area contributed by atoms with Gasteiger partial charge in [0.25, 0.3) is 0 Å². The van der Waals surface area contributed by atoms with Crippen molar-refractivity contribution in [2.75, 3.05) is 18.6 Å². The molecular weight excluding hydrogens is 316 g/mol. The molecule has 4 heteroatoms. The van der Waals surface area contributed by atoms with Crippen molar-refractivity contribution in [3.05, 3.63) is 59.2 Å². The molecule has 2 aromatic carbocycles. The zero-order valence-electron chi connectivity index (χ0n) is 15.1. The molecule has 1 amide bonds. The average molecular weight is 343 g/mol. The first kappa shape index (κ1) is 18.6. The molecule has 1 N–H and O–H groups in total. The van der Waals surface area contributed by atoms with Crippen molar-refractivity contribution in [3.63, 3.8) is 0 Å². The summed E-state index contributed by atoms with van der Waals surface area (Å²) in [7, 11) is 1.98. The maximum Gasteiger partial charge on any atom is 0.241 e. The minimum absolute atomic E-state index is 0.0203. The number of rotatable bonds is 6. The minimum atomic E-state index is -0.204. The van der Waals surface area contributed by atoms with Gasteiger partial charge in [-0.2, -0.15) is 0 Å². The summed E-state index contributed by atoms with van der Waals surface area (Å²) in [5.74, 6) is 0.0203. The summed E-state index contributed by atoms with van der Waals surface area (Å²) in [5, 5.41) is 3.05. The number of carbonyl (C=O) groups excluding carboxylic acids is 1. The molecule has 0 spiro atoms. The normalized spacial score (nSPS) is 12.2. The van der Waals surface area contributed by atoms with Gasteiger partial charge in [0.1, 0.15) is 0 Å². The van der Waals surface area contributed by atoms with Crippen LogP contribution in [-0.4, -0.2) is 30.2 Å². The number of benzene rings is 2. The lowest BCUT2D eigenvalue weighted by molar-refractivity contribution is -0.120. The van der Waals surface area contributed by atoms with Crippen molar-refractivity contribution >= 4 is 23.4 Å². The summed E-state index contributed by atoms with van der Waals surface area (Å²) in [6, 6.07) is 14.4. The Kier molecular flexibility index (Phi) is 6.46. The maximum absolute atomic E-state index is 12.6. The third-order valence-corrected chi connectivity index (χ3v) is 5.03. The number of hydrogen-bond donors (Lipinski definition) is 1. The molecule has 0 aliphatic carbocycles. The number of hydrogen-bond acceptors (Lipinski definition) is 3. The Morgan fingerprint density at radius 3 is 2.46 bits per heavy atom. The molecule has 0 radical (unpaired) electrons. The summed E-state index contributed by atoms with van der Waals surface area (Å²) >= 11 is 1.73. The van der Waals surface area contributed by atoms with Gasteiger partial charge in [0.15, 0.2) is 0 Å². The molecule has 0 heterocycles. The molecule has 0 aliphatic heterocycles. The third kappa shape index (κ3) is 4.86. The first-order valence-electron chi connectivity index (χ1n) is 8.12. The summed E-state index contributed by atoms with van der Waals surface area (Å²) in [6.45, 7) is 6.73. The zero-order valence-corrected chi connectivity index (χ0v) is 15.9. The van der Waals surface area contributed by atoms with Crippen LogP contribution in [0.2, 0.25) is 0 Å². The van der Waals surface area contributed by atoms with E-state index < -0.39 is 0 Å². The summed E-state index contributed by atoms with van der Waals surface area (Å²) < 4.78 is 0. The van der Waals surface area contributed by atoms with E-state index in [1.807, 2.05) is 40.0 Å². The van der Waals surface area contributed by atoms with E-state index in [4.69, 9.17) is 0 Å². The predicted molar refractivity (Wildman–Crippen MR) is 104 cm³/mol. The lowest BCUT2D eigenvalue weighted by Crippen LogP contribution is -2.39. The second-order valence-electron chi connectivity index (χ2n) is 6.25. The van der Waals surface area contributed by atoms with Crippen molar-refractivity contribution in [2.45, 2.75) is 38.3 Å². The Morgan fingerprint density at radius 2 is 1.83 bits per heavy atom. The largest absolute Gasteiger partial charge is 0.324 e. The van der Waals surface area contributed by atoms with Gasteiger partial charge in [0.2, 0.25) is 5.91 Å². The first-order valence-corrected chi connectivity index (χ1v) is 9.34. The van der Waals surface area contributed by atoms with E-state index in [9.17, 15) is 4.79 Å². The second-order valence-corrected chi connectivity index (χ2v) is 7.13. The fourth-order valence-corrected chi connectivity index (χ4v) is 2.87. The summed E-state index contributed by atoms with van der Waals surface area (Å²) in [6.07, 6.45) is 2.07. The number of anilines is 1. The Labute approximate surface area is 149 Å². The Morgan fingerprint density at radius 1 is 1.17 bits per heavy atom. The summed E-state index contributed by atoms with van der Waals surface area (Å²) in [4.78, 5) is 15.9. The van der Waals surface area contributed by atoms with E-state index in [1.54, 1.807) is 11.8 Å². The lowest BCUT2D eigenvalue weighted by Gasteiger charge is -2.24. The topological polar surface area (TPSA) is 32.3 Å². The highest BCUT2D eigenvalue weighted by Gasteiger charge is 2.19. The zero-order chi connectivity index (χ0) is 17.7. The van der Waals surface area contributed by atoms with Gasteiger partial charge in [-0.15, -0.1) is 11.8 Å². The van der Waals surface area contributed by atoms with Crippen LogP contribution in [-0.2, 0) is 11.3 Å². The van der Waals surface area contributed by atoms with E-state index in [2.05, 4.69) is 46.8 Å². The molecule has 2 rings (SSSR count). The van der Waals surface area contributed by atoms with Crippen LogP contribution >= 0.6 is 11.8 Å². The highest BCUT2D eigenvalue weighted by Crippen LogP contribution is 2.18. The van der Waals surface area contributed by atoms with Crippen molar-refractivity contribution in [1.82, 2.24) is 4.90 Å². The van der Waals surface area contributed by atoms with Gasteiger partial charge in [-0.3, -0.25) is 9.69 Å². The Bertz CT molecular complexity index is 697.